The normalized spacial score (nSPS) is 17.1. The summed E-state index contributed by atoms with van der Waals surface area (Å²) in [7, 11) is 0. The summed E-state index contributed by atoms with van der Waals surface area (Å²) in [5, 5.41) is 6.46. The predicted molar refractivity (Wildman–Crippen MR) is 89.8 cm³/mol. The highest BCUT2D eigenvalue weighted by molar-refractivity contribution is 6.37. The molecule has 0 bridgehead atoms. The lowest BCUT2D eigenvalue weighted by Gasteiger charge is -2.18. The predicted octanol–water partition coefficient (Wildman–Crippen LogP) is 1.44. The number of fused-ring (bicyclic) bond motifs is 1. The highest BCUT2D eigenvalue weighted by atomic mass is 16.7. The van der Waals surface area contributed by atoms with E-state index >= 15 is 0 Å². The summed E-state index contributed by atoms with van der Waals surface area (Å²) in [6.07, 6.45) is 4.71. The molecular formula is C17H20N4O4. The number of hydrogen-bond donors (Lipinski definition) is 1. The molecule has 1 atom stereocenters. The summed E-state index contributed by atoms with van der Waals surface area (Å²) in [5.41, 5.74) is 1.22. The van der Waals surface area contributed by atoms with Crippen LogP contribution in [0.3, 0.4) is 0 Å². The first kappa shape index (κ1) is 16.9. The van der Waals surface area contributed by atoms with Crippen LogP contribution in [0.15, 0.2) is 35.9 Å². The molecule has 8 nitrogen and oxygen atoms in total. The lowest BCUT2D eigenvalue weighted by atomic mass is 10.1. The van der Waals surface area contributed by atoms with E-state index in [0.29, 0.717) is 6.54 Å². The second-order valence-electron chi connectivity index (χ2n) is 6.78. The monoisotopic (exact) mass is 344 g/mol. The largest absolute Gasteiger partial charge is 0.455 e. The minimum absolute atomic E-state index is 0.0973. The van der Waals surface area contributed by atoms with Crippen molar-refractivity contribution in [2.24, 2.45) is 5.16 Å². The van der Waals surface area contributed by atoms with Gasteiger partial charge in [-0.25, -0.2) is 9.78 Å². The van der Waals surface area contributed by atoms with Gasteiger partial charge in [0.15, 0.2) is 5.71 Å². The van der Waals surface area contributed by atoms with Gasteiger partial charge < -0.3 is 19.3 Å². The van der Waals surface area contributed by atoms with Crippen molar-refractivity contribution < 1.29 is 19.2 Å². The Morgan fingerprint density at radius 1 is 1.40 bits per heavy atom. The van der Waals surface area contributed by atoms with Gasteiger partial charge in [0.05, 0.1) is 0 Å². The Bertz CT molecular complexity index is 835. The number of aromatic nitrogens is 2. The second-order valence-corrected chi connectivity index (χ2v) is 6.78. The number of oxime groups is 1. The molecule has 0 aromatic carbocycles. The zero-order chi connectivity index (χ0) is 18.0. The SMILES string of the molecule is CC(C)(C)OC(=O)C1=NOC(C(=O)NCc2ccn3ccnc3c2)C1. The molecular weight excluding hydrogens is 324 g/mol. The smallest absolute Gasteiger partial charge is 0.356 e. The minimum Gasteiger partial charge on any atom is -0.455 e. The Morgan fingerprint density at radius 2 is 2.20 bits per heavy atom. The van der Waals surface area contributed by atoms with Gasteiger partial charge in [-0.3, -0.25) is 4.79 Å². The third-order valence-corrected chi connectivity index (χ3v) is 3.52. The van der Waals surface area contributed by atoms with E-state index in [4.69, 9.17) is 9.57 Å². The average molecular weight is 344 g/mol. The Kier molecular flexibility index (Phi) is 4.43. The molecule has 1 amide bonds. The zero-order valence-electron chi connectivity index (χ0n) is 14.4. The Labute approximate surface area is 144 Å². The third kappa shape index (κ3) is 4.14. The van der Waals surface area contributed by atoms with E-state index in [9.17, 15) is 9.59 Å². The summed E-state index contributed by atoms with van der Waals surface area (Å²) >= 11 is 0. The highest BCUT2D eigenvalue weighted by Gasteiger charge is 2.33. The van der Waals surface area contributed by atoms with Crippen molar-refractivity contribution >= 4 is 23.2 Å². The molecule has 1 aliphatic rings. The molecule has 8 heteroatoms. The van der Waals surface area contributed by atoms with Crippen LogP contribution in [0.4, 0.5) is 0 Å². The van der Waals surface area contributed by atoms with Crippen LogP contribution in [0.1, 0.15) is 32.8 Å². The van der Waals surface area contributed by atoms with Crippen molar-refractivity contribution in [3.8, 4) is 0 Å². The average Bonchev–Trinajstić information content (AvgIpc) is 3.19. The fourth-order valence-corrected chi connectivity index (χ4v) is 2.34. The number of pyridine rings is 1. The van der Waals surface area contributed by atoms with Gasteiger partial charge in [-0.05, 0) is 38.5 Å². The van der Waals surface area contributed by atoms with Gasteiger partial charge in [0.1, 0.15) is 11.2 Å². The molecule has 0 fully saturated rings. The van der Waals surface area contributed by atoms with Gasteiger partial charge in [0.25, 0.3) is 5.91 Å². The number of rotatable bonds is 4. The standard InChI is InChI=1S/C17H20N4O4/c1-17(2,3)24-16(23)12-9-13(25-20-12)15(22)19-10-11-4-6-21-7-5-18-14(21)8-11/h4-8,13H,9-10H2,1-3H3,(H,19,22). The molecule has 0 saturated carbocycles. The van der Waals surface area contributed by atoms with E-state index in [2.05, 4.69) is 15.5 Å². The van der Waals surface area contributed by atoms with Crippen molar-refractivity contribution in [3.63, 3.8) is 0 Å². The summed E-state index contributed by atoms with van der Waals surface area (Å²) < 4.78 is 7.10. The van der Waals surface area contributed by atoms with Crippen LogP contribution in [0.5, 0.6) is 0 Å². The van der Waals surface area contributed by atoms with E-state index in [0.717, 1.165) is 11.2 Å². The summed E-state index contributed by atoms with van der Waals surface area (Å²) in [6.45, 7) is 5.64. The van der Waals surface area contributed by atoms with Crippen LogP contribution in [0, 0.1) is 0 Å². The molecule has 3 rings (SSSR count). The van der Waals surface area contributed by atoms with Crippen molar-refractivity contribution in [1.29, 1.82) is 0 Å². The minimum atomic E-state index is -0.822. The zero-order valence-corrected chi connectivity index (χ0v) is 14.4. The molecule has 3 heterocycles. The topological polar surface area (TPSA) is 94.3 Å². The molecule has 1 aliphatic heterocycles. The lowest BCUT2D eigenvalue weighted by molar-refractivity contribution is -0.146. The van der Waals surface area contributed by atoms with Crippen molar-refractivity contribution in [2.45, 2.75) is 45.4 Å². The van der Waals surface area contributed by atoms with Crippen molar-refractivity contribution in [2.75, 3.05) is 0 Å². The third-order valence-electron chi connectivity index (χ3n) is 3.52. The number of imidazole rings is 1. The number of amides is 1. The van der Waals surface area contributed by atoms with Crippen LogP contribution in [0.25, 0.3) is 5.65 Å². The molecule has 1 unspecified atom stereocenters. The molecule has 0 spiro atoms. The van der Waals surface area contributed by atoms with Crippen LogP contribution in [0.2, 0.25) is 0 Å². The molecule has 132 valence electrons. The van der Waals surface area contributed by atoms with Gasteiger partial charge in [-0.2, -0.15) is 0 Å². The number of nitrogens with one attached hydrogen (secondary N) is 1. The fraction of sp³-hybridized carbons (Fsp3) is 0.412. The highest BCUT2D eigenvalue weighted by Crippen LogP contribution is 2.15. The maximum absolute atomic E-state index is 12.2. The second kappa shape index (κ2) is 6.54. The number of ether oxygens (including phenoxy) is 1. The first-order chi connectivity index (χ1) is 11.8. The van der Waals surface area contributed by atoms with E-state index < -0.39 is 17.7 Å². The van der Waals surface area contributed by atoms with Crippen molar-refractivity contribution in [1.82, 2.24) is 14.7 Å². The van der Waals surface area contributed by atoms with E-state index in [1.54, 1.807) is 27.0 Å². The van der Waals surface area contributed by atoms with Crippen LogP contribution in [-0.4, -0.2) is 38.7 Å². The lowest BCUT2D eigenvalue weighted by Crippen LogP contribution is -2.35. The Hall–Kier alpha value is -2.90. The van der Waals surface area contributed by atoms with Gasteiger partial charge in [-0.15, -0.1) is 0 Å². The van der Waals surface area contributed by atoms with E-state index in [1.807, 2.05) is 28.9 Å². The molecule has 2 aromatic heterocycles. The van der Waals surface area contributed by atoms with E-state index in [-0.39, 0.29) is 18.0 Å². The number of hydrogen-bond acceptors (Lipinski definition) is 6. The van der Waals surface area contributed by atoms with Crippen LogP contribution < -0.4 is 5.32 Å². The molecule has 0 radical (unpaired) electrons. The Balaban J connectivity index is 1.52. The quantitative estimate of drug-likeness (QED) is 0.847. The molecule has 0 aliphatic carbocycles. The van der Waals surface area contributed by atoms with Crippen LogP contribution >= 0.6 is 0 Å². The molecule has 25 heavy (non-hydrogen) atoms. The summed E-state index contributed by atoms with van der Waals surface area (Å²) in [5.74, 6) is -0.891. The summed E-state index contributed by atoms with van der Waals surface area (Å²) in [4.78, 5) is 33.4. The fourth-order valence-electron chi connectivity index (χ4n) is 2.34. The maximum atomic E-state index is 12.2. The number of nitrogens with zero attached hydrogens (tertiary/aromatic N) is 3. The molecule has 2 aromatic rings. The van der Waals surface area contributed by atoms with Crippen LogP contribution in [-0.2, 0) is 25.7 Å². The van der Waals surface area contributed by atoms with Gasteiger partial charge >= 0.3 is 5.97 Å². The number of esters is 1. The van der Waals surface area contributed by atoms with E-state index in [1.165, 1.54) is 0 Å². The van der Waals surface area contributed by atoms with Gasteiger partial charge in [0.2, 0.25) is 6.10 Å². The molecule has 1 N–H and O–H groups in total. The number of carbonyl (C=O) groups is 2. The van der Waals surface area contributed by atoms with Gasteiger partial charge in [0, 0.05) is 31.6 Å². The van der Waals surface area contributed by atoms with Crippen molar-refractivity contribution in [3.05, 3.63) is 36.3 Å². The first-order valence-electron chi connectivity index (χ1n) is 7.97. The Morgan fingerprint density at radius 3 is 2.96 bits per heavy atom. The van der Waals surface area contributed by atoms with Gasteiger partial charge in [-0.1, -0.05) is 5.16 Å². The molecule has 0 saturated heterocycles. The summed E-state index contributed by atoms with van der Waals surface area (Å²) in [6, 6.07) is 3.78. The maximum Gasteiger partial charge on any atom is 0.356 e. The number of carbonyl (C=O) groups excluding carboxylic acids is 2. The first-order valence-corrected chi connectivity index (χ1v) is 7.97.